The number of ether oxygens (including phenoxy) is 1. The number of aryl methyl sites for hydroxylation is 1. The summed E-state index contributed by atoms with van der Waals surface area (Å²) in [5.41, 5.74) is 1.89. The van der Waals surface area contributed by atoms with Gasteiger partial charge in [0.2, 0.25) is 0 Å². The SMILES string of the molecule is CNCc1ccc(-c2cn(C)c(=O)c3cnccc23)cc1OC(F)F. The predicted octanol–water partition coefficient (Wildman–Crippen LogP) is 2.92. The number of benzene rings is 1. The Morgan fingerprint density at radius 1 is 1.28 bits per heavy atom. The molecule has 25 heavy (non-hydrogen) atoms. The lowest BCUT2D eigenvalue weighted by molar-refractivity contribution is -0.0504. The van der Waals surface area contributed by atoms with E-state index in [-0.39, 0.29) is 11.3 Å². The summed E-state index contributed by atoms with van der Waals surface area (Å²) < 4.78 is 31.6. The molecule has 0 aliphatic rings. The highest BCUT2D eigenvalue weighted by molar-refractivity contribution is 5.95. The fourth-order valence-electron chi connectivity index (χ4n) is 2.81. The van der Waals surface area contributed by atoms with Crippen LogP contribution in [0.25, 0.3) is 21.9 Å². The minimum Gasteiger partial charge on any atom is -0.434 e. The molecule has 0 fully saturated rings. The van der Waals surface area contributed by atoms with Crippen molar-refractivity contribution in [2.45, 2.75) is 13.2 Å². The van der Waals surface area contributed by atoms with Gasteiger partial charge in [-0.05, 0) is 30.1 Å². The summed E-state index contributed by atoms with van der Waals surface area (Å²) in [7, 11) is 3.37. The van der Waals surface area contributed by atoms with Crippen LogP contribution in [-0.2, 0) is 13.6 Å². The Balaban J connectivity index is 2.21. The standard InChI is InChI=1S/C18H17F2N3O2/c1-21-8-12-4-3-11(7-16(12)25-18(19)20)15-10-23(2)17(24)14-9-22-6-5-13(14)15/h3-7,9-10,18,21H,8H2,1-2H3. The zero-order valence-electron chi connectivity index (χ0n) is 13.8. The molecule has 0 saturated carbocycles. The topological polar surface area (TPSA) is 56.2 Å². The van der Waals surface area contributed by atoms with Crippen LogP contribution in [0.2, 0.25) is 0 Å². The van der Waals surface area contributed by atoms with Gasteiger partial charge in [0.15, 0.2) is 0 Å². The van der Waals surface area contributed by atoms with E-state index in [1.807, 2.05) is 6.07 Å². The first kappa shape index (κ1) is 17.0. The second kappa shape index (κ2) is 6.98. The van der Waals surface area contributed by atoms with Gasteiger partial charge in [0, 0.05) is 43.3 Å². The minimum absolute atomic E-state index is 0.109. The van der Waals surface area contributed by atoms with Crippen molar-refractivity contribution in [3.05, 3.63) is 58.8 Å². The summed E-state index contributed by atoms with van der Waals surface area (Å²) in [4.78, 5) is 16.3. The van der Waals surface area contributed by atoms with Crippen molar-refractivity contribution in [1.29, 1.82) is 0 Å². The first-order valence-electron chi connectivity index (χ1n) is 7.67. The Labute approximate surface area is 142 Å². The summed E-state index contributed by atoms with van der Waals surface area (Å²) in [5, 5.41) is 4.11. The lowest BCUT2D eigenvalue weighted by Gasteiger charge is -2.14. The maximum absolute atomic E-state index is 12.7. The van der Waals surface area contributed by atoms with Crippen molar-refractivity contribution in [1.82, 2.24) is 14.9 Å². The lowest BCUT2D eigenvalue weighted by Crippen LogP contribution is -2.16. The fourth-order valence-corrected chi connectivity index (χ4v) is 2.81. The van der Waals surface area contributed by atoms with E-state index >= 15 is 0 Å². The van der Waals surface area contributed by atoms with E-state index in [0.29, 0.717) is 28.4 Å². The number of rotatable bonds is 5. The van der Waals surface area contributed by atoms with Crippen molar-refractivity contribution < 1.29 is 13.5 Å². The van der Waals surface area contributed by atoms with Gasteiger partial charge in [-0.1, -0.05) is 12.1 Å². The molecule has 0 amide bonds. The molecule has 0 aliphatic heterocycles. The largest absolute Gasteiger partial charge is 0.434 e. The fraction of sp³-hybridized carbons (Fsp3) is 0.222. The molecule has 130 valence electrons. The molecule has 3 aromatic rings. The summed E-state index contributed by atoms with van der Waals surface area (Å²) in [6, 6.07) is 6.87. The molecule has 0 unspecified atom stereocenters. The Hall–Kier alpha value is -2.80. The summed E-state index contributed by atoms with van der Waals surface area (Å²) in [6.45, 7) is -2.51. The third-order valence-electron chi connectivity index (χ3n) is 3.95. The Kier molecular flexibility index (Phi) is 4.76. The first-order chi connectivity index (χ1) is 12.0. The third kappa shape index (κ3) is 3.36. The molecule has 1 aromatic carbocycles. The highest BCUT2D eigenvalue weighted by atomic mass is 19.3. The van der Waals surface area contributed by atoms with Gasteiger partial charge < -0.3 is 14.6 Å². The number of nitrogens with one attached hydrogen (secondary N) is 1. The Morgan fingerprint density at radius 2 is 2.08 bits per heavy atom. The van der Waals surface area contributed by atoms with Crippen LogP contribution in [0, 0.1) is 0 Å². The summed E-state index contributed by atoms with van der Waals surface area (Å²) in [5.74, 6) is 0.109. The van der Waals surface area contributed by atoms with Gasteiger partial charge in [-0.2, -0.15) is 8.78 Å². The van der Waals surface area contributed by atoms with Gasteiger partial charge >= 0.3 is 6.61 Å². The number of hydrogen-bond donors (Lipinski definition) is 1. The van der Waals surface area contributed by atoms with Gasteiger partial charge in [-0.15, -0.1) is 0 Å². The number of hydrogen-bond acceptors (Lipinski definition) is 4. The summed E-state index contributed by atoms with van der Waals surface area (Å²) >= 11 is 0. The van der Waals surface area contributed by atoms with Crippen LogP contribution < -0.4 is 15.6 Å². The second-order valence-corrected chi connectivity index (χ2v) is 5.61. The van der Waals surface area contributed by atoms with Crippen LogP contribution in [0.1, 0.15) is 5.56 Å². The quantitative estimate of drug-likeness (QED) is 0.772. The average Bonchev–Trinajstić information content (AvgIpc) is 2.59. The molecule has 1 N–H and O–H groups in total. The minimum atomic E-state index is -2.91. The van der Waals surface area contributed by atoms with E-state index in [4.69, 9.17) is 0 Å². The molecular formula is C18H17F2N3O2. The molecule has 0 spiro atoms. The Bertz CT molecular complexity index is 970. The van der Waals surface area contributed by atoms with Crippen molar-refractivity contribution in [3.8, 4) is 16.9 Å². The number of fused-ring (bicyclic) bond motifs is 1. The van der Waals surface area contributed by atoms with Crippen molar-refractivity contribution >= 4 is 10.8 Å². The van der Waals surface area contributed by atoms with Crippen molar-refractivity contribution in [3.63, 3.8) is 0 Å². The van der Waals surface area contributed by atoms with Gasteiger partial charge in [0.05, 0.1) is 5.39 Å². The number of alkyl halides is 2. The molecular weight excluding hydrogens is 328 g/mol. The average molecular weight is 345 g/mol. The monoisotopic (exact) mass is 345 g/mol. The molecule has 2 aromatic heterocycles. The maximum Gasteiger partial charge on any atom is 0.387 e. The van der Waals surface area contributed by atoms with Crippen LogP contribution >= 0.6 is 0 Å². The van der Waals surface area contributed by atoms with Crippen LogP contribution in [0.4, 0.5) is 8.78 Å². The molecule has 0 bridgehead atoms. The van der Waals surface area contributed by atoms with Crippen LogP contribution in [0.5, 0.6) is 5.75 Å². The van der Waals surface area contributed by atoms with E-state index in [0.717, 1.165) is 5.56 Å². The number of nitrogens with zero attached hydrogens (tertiary/aromatic N) is 2. The molecule has 3 rings (SSSR count). The zero-order chi connectivity index (χ0) is 18.0. The molecule has 5 nitrogen and oxygen atoms in total. The van der Waals surface area contributed by atoms with Gasteiger partial charge in [0.25, 0.3) is 5.56 Å². The smallest absolute Gasteiger partial charge is 0.387 e. The molecule has 0 saturated heterocycles. The van der Waals surface area contributed by atoms with Gasteiger partial charge in [-0.3, -0.25) is 9.78 Å². The maximum atomic E-state index is 12.7. The van der Waals surface area contributed by atoms with E-state index in [1.165, 1.54) is 10.8 Å². The van der Waals surface area contributed by atoms with Gasteiger partial charge in [-0.25, -0.2) is 0 Å². The molecule has 2 heterocycles. The molecule has 0 aliphatic carbocycles. The van der Waals surface area contributed by atoms with E-state index in [2.05, 4.69) is 15.0 Å². The van der Waals surface area contributed by atoms with Gasteiger partial charge in [0.1, 0.15) is 5.75 Å². The molecule has 0 radical (unpaired) electrons. The van der Waals surface area contributed by atoms with Crippen LogP contribution in [0.15, 0.2) is 47.7 Å². The first-order valence-corrected chi connectivity index (χ1v) is 7.67. The molecule has 0 atom stereocenters. The third-order valence-corrected chi connectivity index (χ3v) is 3.95. The zero-order valence-corrected chi connectivity index (χ0v) is 13.8. The van der Waals surface area contributed by atoms with Crippen molar-refractivity contribution in [2.75, 3.05) is 7.05 Å². The van der Waals surface area contributed by atoms with Crippen LogP contribution in [-0.4, -0.2) is 23.2 Å². The predicted molar refractivity (Wildman–Crippen MR) is 91.8 cm³/mol. The van der Waals surface area contributed by atoms with E-state index in [9.17, 15) is 13.6 Å². The second-order valence-electron chi connectivity index (χ2n) is 5.61. The highest BCUT2D eigenvalue weighted by Gasteiger charge is 2.14. The van der Waals surface area contributed by atoms with E-state index < -0.39 is 6.61 Å². The number of halogens is 2. The number of pyridine rings is 2. The number of aromatic nitrogens is 2. The lowest BCUT2D eigenvalue weighted by atomic mass is 10.00. The van der Waals surface area contributed by atoms with E-state index in [1.54, 1.807) is 44.7 Å². The molecule has 7 heteroatoms. The summed E-state index contributed by atoms with van der Waals surface area (Å²) in [6.07, 6.45) is 4.79. The Morgan fingerprint density at radius 3 is 2.80 bits per heavy atom. The van der Waals surface area contributed by atoms with Crippen molar-refractivity contribution in [2.24, 2.45) is 7.05 Å². The highest BCUT2D eigenvalue weighted by Crippen LogP contribution is 2.31. The normalized spacial score (nSPS) is 11.2. The van der Waals surface area contributed by atoms with Crippen LogP contribution in [0.3, 0.4) is 0 Å².